The van der Waals surface area contributed by atoms with E-state index in [9.17, 15) is 0 Å². The van der Waals surface area contributed by atoms with Crippen molar-refractivity contribution < 1.29 is 0 Å². The van der Waals surface area contributed by atoms with E-state index in [1.165, 1.54) is 25.7 Å². The van der Waals surface area contributed by atoms with Crippen LogP contribution in [0.1, 0.15) is 38.3 Å². The average molecular weight is 261 g/mol. The van der Waals surface area contributed by atoms with Crippen LogP contribution in [-0.4, -0.2) is 14.5 Å². The fraction of sp³-hybridized carbons (Fsp3) is 0.571. The number of pyridine rings is 1. The van der Waals surface area contributed by atoms with E-state index in [0.29, 0.717) is 5.41 Å². The average Bonchev–Trinajstić information content (AvgIpc) is 3.02. The summed E-state index contributed by atoms with van der Waals surface area (Å²) in [6.07, 6.45) is 5.22. The van der Waals surface area contributed by atoms with Gasteiger partial charge < -0.3 is 9.55 Å². The minimum atomic E-state index is 0.494. The molecule has 0 saturated heterocycles. The van der Waals surface area contributed by atoms with E-state index in [2.05, 4.69) is 27.5 Å². The van der Waals surface area contributed by atoms with Crippen LogP contribution in [0.3, 0.4) is 0 Å². The van der Waals surface area contributed by atoms with E-state index in [1.54, 1.807) is 0 Å². The molecule has 0 radical (unpaired) electrons. The van der Waals surface area contributed by atoms with E-state index in [-0.39, 0.29) is 0 Å². The first-order chi connectivity index (χ1) is 8.63. The van der Waals surface area contributed by atoms with Crippen LogP contribution in [0.4, 0.5) is 0 Å². The second kappa shape index (κ2) is 4.19. The first-order valence-corrected chi connectivity index (χ1v) is 7.11. The molecule has 3 nitrogen and oxygen atoms in total. The summed E-state index contributed by atoms with van der Waals surface area (Å²) < 4.78 is 3.01. The Hall–Kier alpha value is -1.16. The van der Waals surface area contributed by atoms with Gasteiger partial charge in [0.2, 0.25) is 0 Å². The molecule has 0 aliphatic heterocycles. The van der Waals surface area contributed by atoms with E-state index in [1.807, 2.05) is 13.0 Å². The SMILES string of the molecule is CCCC1(Cn2c(=S)[nH]c3ccc(C)nc32)CC1. The zero-order valence-corrected chi connectivity index (χ0v) is 11.8. The molecule has 1 aliphatic rings. The van der Waals surface area contributed by atoms with Crippen molar-refractivity contribution in [3.05, 3.63) is 22.6 Å². The number of rotatable bonds is 4. The van der Waals surface area contributed by atoms with Crippen molar-refractivity contribution in [2.24, 2.45) is 5.41 Å². The van der Waals surface area contributed by atoms with Crippen molar-refractivity contribution in [3.8, 4) is 0 Å². The van der Waals surface area contributed by atoms with Gasteiger partial charge in [-0.2, -0.15) is 0 Å². The van der Waals surface area contributed by atoms with Gasteiger partial charge in [0.05, 0.1) is 5.52 Å². The third kappa shape index (κ3) is 1.99. The summed E-state index contributed by atoms with van der Waals surface area (Å²) in [7, 11) is 0. The molecule has 0 unspecified atom stereocenters. The van der Waals surface area contributed by atoms with Gasteiger partial charge in [0.25, 0.3) is 0 Å². The molecule has 2 aromatic heterocycles. The lowest BCUT2D eigenvalue weighted by Gasteiger charge is -2.15. The van der Waals surface area contributed by atoms with Crippen LogP contribution in [0.25, 0.3) is 11.2 Å². The second-order valence-corrected chi connectivity index (χ2v) is 5.98. The molecule has 0 bridgehead atoms. The summed E-state index contributed by atoms with van der Waals surface area (Å²) >= 11 is 5.44. The largest absolute Gasteiger partial charge is 0.329 e. The quantitative estimate of drug-likeness (QED) is 0.844. The highest BCUT2D eigenvalue weighted by molar-refractivity contribution is 7.71. The van der Waals surface area contributed by atoms with Crippen LogP contribution in [0, 0.1) is 17.1 Å². The van der Waals surface area contributed by atoms with Gasteiger partial charge in [-0.1, -0.05) is 13.3 Å². The Kier molecular flexibility index (Phi) is 2.77. The molecular formula is C14H19N3S. The summed E-state index contributed by atoms with van der Waals surface area (Å²) in [5.74, 6) is 0. The third-order valence-electron chi connectivity index (χ3n) is 3.99. The lowest BCUT2D eigenvalue weighted by Crippen LogP contribution is -2.12. The highest BCUT2D eigenvalue weighted by Crippen LogP contribution is 2.51. The van der Waals surface area contributed by atoms with Gasteiger partial charge in [0.15, 0.2) is 10.4 Å². The smallest absolute Gasteiger partial charge is 0.179 e. The first kappa shape index (κ1) is 11.9. The Morgan fingerprint density at radius 2 is 2.22 bits per heavy atom. The summed E-state index contributed by atoms with van der Waals surface area (Å²) in [5, 5.41) is 0. The van der Waals surface area contributed by atoms with E-state index < -0.39 is 0 Å². The van der Waals surface area contributed by atoms with Gasteiger partial charge in [-0.3, -0.25) is 0 Å². The number of aromatic nitrogens is 3. The molecule has 1 fully saturated rings. The minimum Gasteiger partial charge on any atom is -0.329 e. The van der Waals surface area contributed by atoms with Gasteiger partial charge in [-0.15, -0.1) is 0 Å². The lowest BCUT2D eigenvalue weighted by molar-refractivity contribution is 0.390. The van der Waals surface area contributed by atoms with Gasteiger partial charge >= 0.3 is 0 Å². The van der Waals surface area contributed by atoms with E-state index >= 15 is 0 Å². The molecule has 1 saturated carbocycles. The monoisotopic (exact) mass is 261 g/mol. The number of hydrogen-bond donors (Lipinski definition) is 1. The predicted molar refractivity (Wildman–Crippen MR) is 76.2 cm³/mol. The van der Waals surface area contributed by atoms with Crippen LogP contribution in [-0.2, 0) is 6.54 Å². The first-order valence-electron chi connectivity index (χ1n) is 6.70. The number of aromatic amines is 1. The molecule has 0 aromatic carbocycles. The van der Waals surface area contributed by atoms with Crippen LogP contribution in [0.15, 0.2) is 12.1 Å². The van der Waals surface area contributed by atoms with E-state index in [4.69, 9.17) is 12.2 Å². The zero-order valence-electron chi connectivity index (χ0n) is 11.0. The molecule has 2 aromatic rings. The van der Waals surface area contributed by atoms with Crippen molar-refractivity contribution in [2.45, 2.75) is 46.1 Å². The Balaban J connectivity index is 2.03. The molecule has 1 N–H and O–H groups in total. The molecule has 3 rings (SSSR count). The maximum absolute atomic E-state index is 5.44. The van der Waals surface area contributed by atoms with Crippen LogP contribution < -0.4 is 0 Å². The summed E-state index contributed by atoms with van der Waals surface area (Å²) in [6, 6.07) is 4.10. The summed E-state index contributed by atoms with van der Waals surface area (Å²) in [6.45, 7) is 5.31. The highest BCUT2D eigenvalue weighted by Gasteiger charge is 2.42. The molecule has 2 heterocycles. The van der Waals surface area contributed by atoms with Gasteiger partial charge in [0.1, 0.15) is 0 Å². The Morgan fingerprint density at radius 1 is 1.44 bits per heavy atom. The molecule has 18 heavy (non-hydrogen) atoms. The van der Waals surface area contributed by atoms with Crippen molar-refractivity contribution in [1.82, 2.24) is 14.5 Å². The fourth-order valence-electron chi connectivity index (χ4n) is 2.80. The third-order valence-corrected chi connectivity index (χ3v) is 4.31. The van der Waals surface area contributed by atoms with Crippen LogP contribution in [0.5, 0.6) is 0 Å². The minimum absolute atomic E-state index is 0.494. The normalized spacial score (nSPS) is 17.2. The maximum Gasteiger partial charge on any atom is 0.179 e. The highest BCUT2D eigenvalue weighted by atomic mass is 32.1. The molecule has 1 aliphatic carbocycles. The Morgan fingerprint density at radius 3 is 2.89 bits per heavy atom. The number of nitrogens with zero attached hydrogens (tertiary/aromatic N) is 2. The lowest BCUT2D eigenvalue weighted by atomic mass is 10.0. The second-order valence-electron chi connectivity index (χ2n) is 5.59. The number of imidazole rings is 1. The van der Waals surface area contributed by atoms with Crippen molar-refractivity contribution in [3.63, 3.8) is 0 Å². The Labute approximate surface area is 112 Å². The predicted octanol–water partition coefficient (Wildman–Crippen LogP) is 3.98. The molecule has 0 atom stereocenters. The van der Waals surface area contributed by atoms with Crippen LogP contribution in [0.2, 0.25) is 0 Å². The molecule has 0 spiro atoms. The molecule has 96 valence electrons. The van der Waals surface area contributed by atoms with Gasteiger partial charge in [0, 0.05) is 12.2 Å². The molecular weight excluding hydrogens is 242 g/mol. The standard InChI is InChI=1S/C14H19N3S/c1-3-6-14(7-8-14)9-17-12-11(16-13(17)18)5-4-10(2)15-12/h4-5H,3,6-9H2,1-2H3,(H,16,18). The fourth-order valence-corrected chi connectivity index (χ4v) is 3.06. The van der Waals surface area contributed by atoms with Crippen molar-refractivity contribution in [1.29, 1.82) is 0 Å². The van der Waals surface area contributed by atoms with E-state index in [0.717, 1.165) is 28.2 Å². The van der Waals surface area contributed by atoms with Crippen molar-refractivity contribution >= 4 is 23.4 Å². The Bertz CT molecular complexity index is 634. The number of nitrogens with one attached hydrogen (secondary N) is 1. The molecule has 4 heteroatoms. The summed E-state index contributed by atoms with van der Waals surface area (Å²) in [4.78, 5) is 7.90. The topological polar surface area (TPSA) is 33.6 Å². The molecule has 0 amide bonds. The van der Waals surface area contributed by atoms with Crippen molar-refractivity contribution in [2.75, 3.05) is 0 Å². The maximum atomic E-state index is 5.44. The summed E-state index contributed by atoms with van der Waals surface area (Å²) in [5.41, 5.74) is 3.61. The van der Waals surface area contributed by atoms with Gasteiger partial charge in [-0.05, 0) is 56.0 Å². The number of hydrogen-bond acceptors (Lipinski definition) is 2. The number of aryl methyl sites for hydroxylation is 1. The number of H-pyrrole nitrogens is 1. The zero-order chi connectivity index (χ0) is 12.8. The number of fused-ring (bicyclic) bond motifs is 1. The van der Waals surface area contributed by atoms with Crippen LogP contribution >= 0.6 is 12.2 Å². The van der Waals surface area contributed by atoms with Gasteiger partial charge in [-0.25, -0.2) is 4.98 Å².